The largest absolute Gasteiger partial charge is 0.398 e. The van der Waals surface area contributed by atoms with Gasteiger partial charge in [0.25, 0.3) is 0 Å². The van der Waals surface area contributed by atoms with Gasteiger partial charge in [-0.3, -0.25) is 4.79 Å². The predicted octanol–water partition coefficient (Wildman–Crippen LogP) is 0.842. The number of hydrogen-bond acceptors (Lipinski definition) is 3. The van der Waals surface area contributed by atoms with E-state index < -0.39 is 5.60 Å². The molecule has 17 heavy (non-hydrogen) atoms. The SMILES string of the molecule is Nc1ccccc1CC(=O)NCC1(O)CCC1. The van der Waals surface area contributed by atoms with Gasteiger partial charge in [-0.25, -0.2) is 0 Å². The molecule has 0 atom stereocenters. The fraction of sp³-hybridized carbons (Fsp3) is 0.462. The van der Waals surface area contributed by atoms with E-state index in [9.17, 15) is 9.90 Å². The summed E-state index contributed by atoms with van der Waals surface area (Å²) in [6, 6.07) is 7.32. The molecule has 1 aromatic rings. The molecular weight excluding hydrogens is 216 g/mol. The molecule has 4 heteroatoms. The molecule has 0 spiro atoms. The zero-order chi connectivity index (χ0) is 12.3. The van der Waals surface area contributed by atoms with Gasteiger partial charge in [0, 0.05) is 12.2 Å². The average molecular weight is 234 g/mol. The Morgan fingerprint density at radius 3 is 2.71 bits per heavy atom. The number of para-hydroxylation sites is 1. The summed E-state index contributed by atoms with van der Waals surface area (Å²) in [5.74, 6) is -0.0942. The summed E-state index contributed by atoms with van der Waals surface area (Å²) in [4.78, 5) is 11.7. The van der Waals surface area contributed by atoms with E-state index in [4.69, 9.17) is 5.73 Å². The van der Waals surface area contributed by atoms with Gasteiger partial charge in [-0.05, 0) is 30.9 Å². The van der Waals surface area contributed by atoms with Gasteiger partial charge in [-0.15, -0.1) is 0 Å². The Bertz CT molecular complexity index is 414. The van der Waals surface area contributed by atoms with Gasteiger partial charge in [0.05, 0.1) is 12.0 Å². The van der Waals surface area contributed by atoms with E-state index in [0.29, 0.717) is 12.2 Å². The highest BCUT2D eigenvalue weighted by Crippen LogP contribution is 2.30. The number of benzene rings is 1. The van der Waals surface area contributed by atoms with Crippen molar-refractivity contribution in [2.75, 3.05) is 12.3 Å². The van der Waals surface area contributed by atoms with Crippen molar-refractivity contribution in [2.45, 2.75) is 31.3 Å². The molecule has 0 unspecified atom stereocenters. The second kappa shape index (κ2) is 4.75. The molecule has 4 nitrogen and oxygen atoms in total. The molecule has 0 saturated heterocycles. The Morgan fingerprint density at radius 2 is 2.12 bits per heavy atom. The Balaban J connectivity index is 1.83. The van der Waals surface area contributed by atoms with Gasteiger partial charge in [-0.2, -0.15) is 0 Å². The lowest BCUT2D eigenvalue weighted by Crippen LogP contribution is -2.48. The standard InChI is InChI=1S/C13H18N2O2/c14-11-5-2-1-4-10(11)8-12(16)15-9-13(17)6-3-7-13/h1-2,4-5,17H,3,6-9,14H2,(H,15,16). The van der Waals surface area contributed by atoms with Gasteiger partial charge >= 0.3 is 0 Å². The van der Waals surface area contributed by atoms with Crippen LogP contribution in [0.1, 0.15) is 24.8 Å². The van der Waals surface area contributed by atoms with Gasteiger partial charge in [-0.1, -0.05) is 18.2 Å². The maximum absolute atomic E-state index is 11.7. The Morgan fingerprint density at radius 1 is 1.41 bits per heavy atom. The fourth-order valence-corrected chi connectivity index (χ4v) is 1.96. The summed E-state index contributed by atoms with van der Waals surface area (Å²) >= 11 is 0. The quantitative estimate of drug-likeness (QED) is 0.676. The molecule has 4 N–H and O–H groups in total. The Hall–Kier alpha value is -1.55. The third-order valence-corrected chi connectivity index (χ3v) is 3.30. The number of nitrogen functional groups attached to an aromatic ring is 1. The molecule has 0 aliphatic heterocycles. The van der Waals surface area contributed by atoms with E-state index in [0.717, 1.165) is 24.8 Å². The maximum atomic E-state index is 11.7. The number of aliphatic hydroxyl groups is 1. The molecule has 1 aromatic carbocycles. The van der Waals surface area contributed by atoms with Crippen LogP contribution in [0.5, 0.6) is 0 Å². The van der Waals surface area contributed by atoms with Crippen LogP contribution in [0.15, 0.2) is 24.3 Å². The zero-order valence-corrected chi connectivity index (χ0v) is 9.78. The number of carbonyl (C=O) groups is 1. The average Bonchev–Trinajstić information content (AvgIpc) is 2.27. The highest BCUT2D eigenvalue weighted by atomic mass is 16.3. The first-order chi connectivity index (χ1) is 8.09. The molecule has 0 radical (unpaired) electrons. The molecule has 1 aliphatic rings. The topological polar surface area (TPSA) is 75.4 Å². The van der Waals surface area contributed by atoms with Crippen LogP contribution in [0.3, 0.4) is 0 Å². The maximum Gasteiger partial charge on any atom is 0.224 e. The normalized spacial score (nSPS) is 17.2. The minimum Gasteiger partial charge on any atom is -0.398 e. The third-order valence-electron chi connectivity index (χ3n) is 3.30. The molecule has 1 amide bonds. The number of hydrogen-bond donors (Lipinski definition) is 3. The zero-order valence-electron chi connectivity index (χ0n) is 9.78. The van der Waals surface area contributed by atoms with Crippen LogP contribution >= 0.6 is 0 Å². The monoisotopic (exact) mass is 234 g/mol. The van der Waals surface area contributed by atoms with Crippen molar-refractivity contribution in [3.05, 3.63) is 29.8 Å². The third kappa shape index (κ3) is 2.97. The minimum atomic E-state index is -0.669. The minimum absolute atomic E-state index is 0.0942. The van der Waals surface area contributed by atoms with E-state index >= 15 is 0 Å². The first-order valence-electron chi connectivity index (χ1n) is 5.92. The van der Waals surface area contributed by atoms with Crippen molar-refractivity contribution in [1.82, 2.24) is 5.32 Å². The van der Waals surface area contributed by atoms with E-state index in [-0.39, 0.29) is 12.3 Å². The first kappa shape index (κ1) is 11.9. The van der Waals surface area contributed by atoms with Crippen LogP contribution in [0, 0.1) is 0 Å². The molecule has 92 valence electrons. The van der Waals surface area contributed by atoms with E-state index in [1.807, 2.05) is 18.2 Å². The summed E-state index contributed by atoms with van der Waals surface area (Å²) in [6.07, 6.45) is 2.86. The molecule has 1 saturated carbocycles. The smallest absolute Gasteiger partial charge is 0.224 e. The number of carbonyl (C=O) groups excluding carboxylic acids is 1. The van der Waals surface area contributed by atoms with Crippen LogP contribution in [0.25, 0.3) is 0 Å². The van der Waals surface area contributed by atoms with Crippen LogP contribution in [0.2, 0.25) is 0 Å². The summed E-state index contributed by atoms with van der Waals surface area (Å²) in [5.41, 5.74) is 6.54. The van der Waals surface area contributed by atoms with Gasteiger partial charge in [0.2, 0.25) is 5.91 Å². The second-order valence-electron chi connectivity index (χ2n) is 4.73. The van der Waals surface area contributed by atoms with E-state index in [2.05, 4.69) is 5.32 Å². The van der Waals surface area contributed by atoms with Crippen LogP contribution < -0.4 is 11.1 Å². The van der Waals surface area contributed by atoms with Crippen LogP contribution in [-0.2, 0) is 11.2 Å². The number of nitrogens with two attached hydrogens (primary N) is 1. The number of rotatable bonds is 4. The van der Waals surface area contributed by atoms with Crippen molar-refractivity contribution in [3.8, 4) is 0 Å². The number of anilines is 1. The van der Waals surface area contributed by atoms with Gasteiger partial charge in [0.15, 0.2) is 0 Å². The van der Waals surface area contributed by atoms with Gasteiger partial charge in [0.1, 0.15) is 0 Å². The summed E-state index contributed by atoms with van der Waals surface area (Å²) in [7, 11) is 0. The lowest BCUT2D eigenvalue weighted by molar-refractivity contribution is -0.122. The fourth-order valence-electron chi connectivity index (χ4n) is 1.96. The second-order valence-corrected chi connectivity index (χ2v) is 4.73. The van der Waals surface area contributed by atoms with Crippen molar-refractivity contribution in [2.24, 2.45) is 0 Å². The lowest BCUT2D eigenvalue weighted by atomic mass is 9.80. The predicted molar refractivity (Wildman–Crippen MR) is 66.4 cm³/mol. The molecule has 0 aromatic heterocycles. The summed E-state index contributed by atoms with van der Waals surface area (Å²) < 4.78 is 0. The Kier molecular flexibility index (Phi) is 3.33. The molecule has 1 fully saturated rings. The van der Waals surface area contributed by atoms with Crippen molar-refractivity contribution in [3.63, 3.8) is 0 Å². The summed E-state index contributed by atoms with van der Waals surface area (Å²) in [5, 5.41) is 12.6. The van der Waals surface area contributed by atoms with E-state index in [1.165, 1.54) is 0 Å². The molecule has 1 aliphatic carbocycles. The van der Waals surface area contributed by atoms with Crippen molar-refractivity contribution >= 4 is 11.6 Å². The molecule has 2 rings (SSSR count). The van der Waals surface area contributed by atoms with Crippen molar-refractivity contribution < 1.29 is 9.90 Å². The molecular formula is C13H18N2O2. The highest BCUT2D eigenvalue weighted by molar-refractivity contribution is 5.80. The number of nitrogens with one attached hydrogen (secondary N) is 1. The summed E-state index contributed by atoms with van der Waals surface area (Å²) in [6.45, 7) is 0.346. The number of amides is 1. The van der Waals surface area contributed by atoms with Crippen LogP contribution in [-0.4, -0.2) is 23.2 Å². The van der Waals surface area contributed by atoms with Gasteiger partial charge < -0.3 is 16.2 Å². The highest BCUT2D eigenvalue weighted by Gasteiger charge is 2.34. The molecule has 0 heterocycles. The van der Waals surface area contributed by atoms with Crippen molar-refractivity contribution in [1.29, 1.82) is 0 Å². The first-order valence-corrected chi connectivity index (χ1v) is 5.92. The lowest BCUT2D eigenvalue weighted by Gasteiger charge is -2.36. The van der Waals surface area contributed by atoms with Crippen LogP contribution in [0.4, 0.5) is 5.69 Å². The van der Waals surface area contributed by atoms with E-state index in [1.54, 1.807) is 6.07 Å². The Labute approximate surface area is 101 Å². The molecule has 0 bridgehead atoms.